The average molecular weight is 485 g/mol. The SMILES string of the molecule is COc1ccc2nnc(CCCC(=O)NCC(CN3Cc4ccccc4C3=O)c3ccccc3)n2n1. The van der Waals surface area contributed by atoms with Crippen molar-refractivity contribution in [1.29, 1.82) is 0 Å². The van der Waals surface area contributed by atoms with Gasteiger partial charge in [0.15, 0.2) is 11.5 Å². The smallest absolute Gasteiger partial charge is 0.254 e. The van der Waals surface area contributed by atoms with Crippen LogP contribution in [0.15, 0.2) is 66.7 Å². The first-order valence-electron chi connectivity index (χ1n) is 12.1. The predicted octanol–water partition coefficient (Wildman–Crippen LogP) is 3.01. The molecular weight excluding hydrogens is 456 g/mol. The van der Waals surface area contributed by atoms with Crippen LogP contribution in [0, 0.1) is 0 Å². The van der Waals surface area contributed by atoms with Crippen LogP contribution in [0.4, 0.5) is 0 Å². The number of aryl methyl sites for hydroxylation is 1. The van der Waals surface area contributed by atoms with Gasteiger partial charge in [0.25, 0.3) is 5.91 Å². The lowest BCUT2D eigenvalue weighted by Crippen LogP contribution is -2.35. The molecule has 2 amide bonds. The van der Waals surface area contributed by atoms with E-state index >= 15 is 0 Å². The number of carbonyl (C=O) groups is 2. The number of rotatable bonds is 10. The minimum atomic E-state index is -0.0358. The molecule has 0 bridgehead atoms. The largest absolute Gasteiger partial charge is 0.480 e. The third kappa shape index (κ3) is 5.05. The van der Waals surface area contributed by atoms with Gasteiger partial charge in [-0.15, -0.1) is 15.3 Å². The topological polar surface area (TPSA) is 102 Å². The molecule has 1 aliphatic heterocycles. The number of hydrogen-bond donors (Lipinski definition) is 1. The molecule has 0 fully saturated rings. The van der Waals surface area contributed by atoms with Crippen LogP contribution in [-0.2, 0) is 17.8 Å². The Morgan fingerprint density at radius 2 is 1.86 bits per heavy atom. The Morgan fingerprint density at radius 3 is 2.67 bits per heavy atom. The molecule has 2 aromatic carbocycles. The van der Waals surface area contributed by atoms with Gasteiger partial charge in [-0.3, -0.25) is 9.59 Å². The molecule has 0 spiro atoms. The normalized spacial score (nSPS) is 13.6. The highest BCUT2D eigenvalue weighted by atomic mass is 16.5. The van der Waals surface area contributed by atoms with E-state index in [1.807, 2.05) is 59.5 Å². The number of nitrogens with one attached hydrogen (secondary N) is 1. The van der Waals surface area contributed by atoms with Crippen molar-refractivity contribution in [2.24, 2.45) is 0 Å². The fraction of sp³-hybridized carbons (Fsp3) is 0.296. The molecule has 1 unspecified atom stereocenters. The summed E-state index contributed by atoms with van der Waals surface area (Å²) in [5, 5.41) is 15.7. The molecule has 0 saturated carbocycles. The summed E-state index contributed by atoms with van der Waals surface area (Å²) in [5.74, 6) is 1.17. The zero-order valence-corrected chi connectivity index (χ0v) is 20.1. The van der Waals surface area contributed by atoms with Crippen molar-refractivity contribution in [1.82, 2.24) is 30.0 Å². The van der Waals surface area contributed by atoms with Crippen molar-refractivity contribution < 1.29 is 14.3 Å². The van der Waals surface area contributed by atoms with E-state index in [1.165, 1.54) is 0 Å². The fourth-order valence-electron chi connectivity index (χ4n) is 4.55. The van der Waals surface area contributed by atoms with E-state index < -0.39 is 0 Å². The number of fused-ring (bicyclic) bond motifs is 2. The zero-order chi connectivity index (χ0) is 24.9. The van der Waals surface area contributed by atoms with E-state index in [0.717, 1.165) is 16.7 Å². The Bertz CT molecular complexity index is 1370. The summed E-state index contributed by atoms with van der Waals surface area (Å²) >= 11 is 0. The molecule has 3 heterocycles. The molecule has 0 aliphatic carbocycles. The van der Waals surface area contributed by atoms with E-state index in [1.54, 1.807) is 23.8 Å². The average Bonchev–Trinajstić information content (AvgIpc) is 3.47. The van der Waals surface area contributed by atoms with Crippen LogP contribution in [0.1, 0.15) is 46.1 Å². The number of methoxy groups -OCH3 is 1. The summed E-state index contributed by atoms with van der Waals surface area (Å²) in [6.45, 7) is 1.59. The number of amides is 2. The summed E-state index contributed by atoms with van der Waals surface area (Å²) in [6, 6.07) is 21.3. The van der Waals surface area contributed by atoms with Crippen LogP contribution in [0.25, 0.3) is 5.65 Å². The molecule has 36 heavy (non-hydrogen) atoms. The molecule has 1 aliphatic rings. The molecule has 9 nitrogen and oxygen atoms in total. The molecule has 1 atom stereocenters. The highest BCUT2D eigenvalue weighted by Gasteiger charge is 2.29. The highest BCUT2D eigenvalue weighted by Crippen LogP contribution is 2.26. The van der Waals surface area contributed by atoms with Gasteiger partial charge >= 0.3 is 0 Å². The summed E-state index contributed by atoms with van der Waals surface area (Å²) in [5.41, 5.74) is 3.55. The summed E-state index contributed by atoms with van der Waals surface area (Å²) in [7, 11) is 1.56. The van der Waals surface area contributed by atoms with Crippen LogP contribution in [0.3, 0.4) is 0 Å². The van der Waals surface area contributed by atoms with E-state index in [9.17, 15) is 9.59 Å². The van der Waals surface area contributed by atoms with Gasteiger partial charge in [-0.05, 0) is 29.7 Å². The monoisotopic (exact) mass is 484 g/mol. The molecule has 0 radical (unpaired) electrons. The zero-order valence-electron chi connectivity index (χ0n) is 20.1. The summed E-state index contributed by atoms with van der Waals surface area (Å²) in [6.07, 6.45) is 1.54. The van der Waals surface area contributed by atoms with Crippen LogP contribution in [0.5, 0.6) is 5.88 Å². The van der Waals surface area contributed by atoms with Crippen molar-refractivity contribution in [3.05, 3.63) is 89.2 Å². The third-order valence-corrected chi connectivity index (χ3v) is 6.47. The highest BCUT2D eigenvalue weighted by molar-refractivity contribution is 5.98. The van der Waals surface area contributed by atoms with Crippen LogP contribution in [0.2, 0.25) is 0 Å². The van der Waals surface area contributed by atoms with Gasteiger partial charge in [-0.2, -0.15) is 4.52 Å². The van der Waals surface area contributed by atoms with Gasteiger partial charge in [-0.1, -0.05) is 48.5 Å². The molecule has 5 rings (SSSR count). The van der Waals surface area contributed by atoms with Gasteiger partial charge in [0, 0.05) is 50.0 Å². The van der Waals surface area contributed by atoms with Crippen LogP contribution < -0.4 is 10.1 Å². The number of hydrogen-bond acceptors (Lipinski definition) is 6. The van der Waals surface area contributed by atoms with Gasteiger partial charge < -0.3 is 15.0 Å². The standard InChI is InChI=1S/C27H28N6O3/c1-36-26-15-14-24-30-29-23(33(24)31-26)12-7-13-25(34)28-16-21(19-8-3-2-4-9-19)18-32-17-20-10-5-6-11-22(20)27(32)35/h2-6,8-11,14-15,21H,7,12-13,16-18H2,1H3,(H,28,34). The lowest BCUT2D eigenvalue weighted by Gasteiger charge is -2.24. The van der Waals surface area contributed by atoms with Gasteiger partial charge in [-0.25, -0.2) is 0 Å². The Hall–Kier alpha value is -4.27. The second-order valence-electron chi connectivity index (χ2n) is 8.87. The Labute approximate surface area is 209 Å². The van der Waals surface area contributed by atoms with Crippen molar-refractivity contribution in [3.63, 3.8) is 0 Å². The number of aromatic nitrogens is 4. The quantitative estimate of drug-likeness (QED) is 0.371. The first-order chi connectivity index (χ1) is 17.6. The molecule has 4 aromatic rings. The maximum absolute atomic E-state index is 12.9. The second kappa shape index (κ2) is 10.6. The summed E-state index contributed by atoms with van der Waals surface area (Å²) in [4.78, 5) is 27.5. The van der Waals surface area contributed by atoms with Crippen molar-refractivity contribution in [3.8, 4) is 5.88 Å². The molecule has 184 valence electrons. The lowest BCUT2D eigenvalue weighted by atomic mass is 9.98. The number of carbonyl (C=O) groups excluding carboxylic acids is 2. The Morgan fingerprint density at radius 1 is 1.06 bits per heavy atom. The maximum Gasteiger partial charge on any atom is 0.254 e. The maximum atomic E-state index is 12.9. The molecule has 2 aromatic heterocycles. The fourth-order valence-corrected chi connectivity index (χ4v) is 4.55. The number of nitrogens with zero attached hydrogens (tertiary/aromatic N) is 5. The first kappa shape index (κ1) is 23.5. The molecule has 0 saturated heterocycles. The van der Waals surface area contributed by atoms with Crippen LogP contribution in [-0.4, -0.2) is 56.7 Å². The van der Waals surface area contributed by atoms with Gasteiger partial charge in [0.05, 0.1) is 7.11 Å². The predicted molar refractivity (Wildman–Crippen MR) is 134 cm³/mol. The van der Waals surface area contributed by atoms with Gasteiger partial charge in [0.1, 0.15) is 0 Å². The van der Waals surface area contributed by atoms with E-state index in [-0.39, 0.29) is 17.7 Å². The van der Waals surface area contributed by atoms with E-state index in [0.29, 0.717) is 56.2 Å². The third-order valence-electron chi connectivity index (χ3n) is 6.47. The first-order valence-corrected chi connectivity index (χ1v) is 12.1. The van der Waals surface area contributed by atoms with Crippen molar-refractivity contribution >= 4 is 17.5 Å². The van der Waals surface area contributed by atoms with E-state index in [2.05, 4.69) is 20.6 Å². The lowest BCUT2D eigenvalue weighted by molar-refractivity contribution is -0.121. The van der Waals surface area contributed by atoms with Crippen molar-refractivity contribution in [2.75, 3.05) is 20.2 Å². The molecular formula is C27H28N6O3. The molecule has 1 N–H and O–H groups in total. The Balaban J connectivity index is 1.17. The number of ether oxygens (including phenoxy) is 1. The number of benzene rings is 2. The molecule has 9 heteroatoms. The minimum absolute atomic E-state index is 0.00878. The van der Waals surface area contributed by atoms with E-state index in [4.69, 9.17) is 4.74 Å². The second-order valence-corrected chi connectivity index (χ2v) is 8.87. The van der Waals surface area contributed by atoms with Crippen molar-refractivity contribution in [2.45, 2.75) is 31.7 Å². The van der Waals surface area contributed by atoms with Gasteiger partial charge in [0.2, 0.25) is 11.8 Å². The minimum Gasteiger partial charge on any atom is -0.480 e. The van der Waals surface area contributed by atoms with Crippen LogP contribution >= 0.6 is 0 Å². The summed E-state index contributed by atoms with van der Waals surface area (Å²) < 4.78 is 6.82. The Kier molecular flexibility index (Phi) is 6.88.